The van der Waals surface area contributed by atoms with Gasteiger partial charge in [-0.3, -0.25) is 0 Å². The second-order valence-corrected chi connectivity index (χ2v) is 7.91. The van der Waals surface area contributed by atoms with E-state index in [2.05, 4.69) is 11.9 Å². The summed E-state index contributed by atoms with van der Waals surface area (Å²) in [7, 11) is 0. The lowest BCUT2D eigenvalue weighted by Gasteiger charge is -2.46. The number of aliphatic carboxylic acids is 1. The van der Waals surface area contributed by atoms with Gasteiger partial charge in [0.25, 0.3) is 0 Å². The van der Waals surface area contributed by atoms with Gasteiger partial charge in [0.2, 0.25) is 0 Å². The van der Waals surface area contributed by atoms with E-state index >= 15 is 0 Å². The van der Waals surface area contributed by atoms with E-state index in [9.17, 15) is 9.90 Å². The third kappa shape index (κ3) is 3.11. The lowest BCUT2D eigenvalue weighted by molar-refractivity contribution is -0.141. The van der Waals surface area contributed by atoms with Gasteiger partial charge in [-0.25, -0.2) is 9.78 Å². The highest BCUT2D eigenvalue weighted by Crippen LogP contribution is 2.34. The summed E-state index contributed by atoms with van der Waals surface area (Å²) in [5.41, 5.74) is 3.58. The molecule has 4 rings (SSSR count). The molecule has 0 saturated carbocycles. The molecular weight excluding hydrogens is 376 g/mol. The van der Waals surface area contributed by atoms with Crippen LogP contribution in [0.1, 0.15) is 43.1 Å². The van der Waals surface area contributed by atoms with Gasteiger partial charge >= 0.3 is 5.97 Å². The highest BCUT2D eigenvalue weighted by Gasteiger charge is 2.44. The van der Waals surface area contributed by atoms with Crippen molar-refractivity contribution in [2.24, 2.45) is 5.92 Å². The molecule has 1 aromatic carbocycles. The first kappa shape index (κ1) is 18.7. The van der Waals surface area contributed by atoms with E-state index in [-0.39, 0.29) is 11.8 Å². The lowest BCUT2D eigenvalue weighted by atomic mass is 9.86. The molecule has 1 N–H and O–H groups in total. The molecule has 3 aromatic rings. The minimum Gasteiger partial charge on any atom is -0.480 e. The Hall–Kier alpha value is -2.60. The summed E-state index contributed by atoms with van der Waals surface area (Å²) in [6.07, 6.45) is 0.846. The van der Waals surface area contributed by atoms with Crippen LogP contribution in [0.2, 0.25) is 5.02 Å². The molecule has 1 saturated heterocycles. The molecular formula is C21H23ClN4O2. The Kier molecular flexibility index (Phi) is 4.75. The van der Waals surface area contributed by atoms with Crippen molar-refractivity contribution in [3.05, 3.63) is 58.4 Å². The maximum Gasteiger partial charge on any atom is 0.326 e. The summed E-state index contributed by atoms with van der Waals surface area (Å²) in [5, 5.41) is 15.2. The van der Waals surface area contributed by atoms with Crippen LogP contribution < -0.4 is 4.90 Å². The maximum absolute atomic E-state index is 11.8. The number of benzene rings is 1. The first-order valence-corrected chi connectivity index (χ1v) is 9.89. The summed E-state index contributed by atoms with van der Waals surface area (Å²) < 4.78 is 1.77. The van der Waals surface area contributed by atoms with E-state index in [1.54, 1.807) is 4.52 Å². The molecule has 1 aliphatic heterocycles. The molecule has 3 atom stereocenters. The molecule has 3 unspecified atom stereocenters. The number of aromatic nitrogens is 3. The van der Waals surface area contributed by atoms with Crippen molar-refractivity contribution < 1.29 is 9.90 Å². The predicted octanol–water partition coefficient (Wildman–Crippen LogP) is 4.14. The fourth-order valence-electron chi connectivity index (χ4n) is 3.94. The number of aryl methyl sites for hydroxylation is 1. The Bertz CT molecular complexity index is 1030. The summed E-state index contributed by atoms with van der Waals surface area (Å²) in [5.74, 6) is 0.225. The lowest BCUT2D eigenvalue weighted by Crippen LogP contribution is -2.60. The topological polar surface area (TPSA) is 70.7 Å². The van der Waals surface area contributed by atoms with Crippen molar-refractivity contribution in [1.82, 2.24) is 14.6 Å². The van der Waals surface area contributed by atoms with Crippen LogP contribution in [0.25, 0.3) is 5.65 Å². The summed E-state index contributed by atoms with van der Waals surface area (Å²) in [6.45, 7) is 6.76. The van der Waals surface area contributed by atoms with Gasteiger partial charge in [-0.05, 0) is 31.0 Å². The molecule has 7 heteroatoms. The Morgan fingerprint density at radius 2 is 2.04 bits per heavy atom. The Morgan fingerprint density at radius 1 is 1.32 bits per heavy atom. The van der Waals surface area contributed by atoms with Crippen LogP contribution in [-0.2, 0) is 4.79 Å². The van der Waals surface area contributed by atoms with Crippen LogP contribution in [0.15, 0.2) is 36.4 Å². The van der Waals surface area contributed by atoms with Crippen molar-refractivity contribution in [3.63, 3.8) is 0 Å². The van der Waals surface area contributed by atoms with Gasteiger partial charge in [-0.1, -0.05) is 37.6 Å². The largest absolute Gasteiger partial charge is 0.480 e. The number of hydrogen-bond donors (Lipinski definition) is 1. The van der Waals surface area contributed by atoms with Crippen molar-refractivity contribution >= 4 is 29.0 Å². The molecule has 0 amide bonds. The Morgan fingerprint density at radius 3 is 2.68 bits per heavy atom. The van der Waals surface area contributed by atoms with Gasteiger partial charge in [-0.2, -0.15) is 9.61 Å². The number of halogens is 1. The molecule has 6 nitrogen and oxygen atoms in total. The Balaban J connectivity index is 1.75. The molecule has 28 heavy (non-hydrogen) atoms. The quantitative estimate of drug-likeness (QED) is 0.699. The van der Waals surface area contributed by atoms with Gasteiger partial charge in [0.15, 0.2) is 5.65 Å². The molecule has 1 fully saturated rings. The van der Waals surface area contributed by atoms with Crippen LogP contribution in [-0.4, -0.2) is 38.3 Å². The van der Waals surface area contributed by atoms with Gasteiger partial charge in [0.05, 0.1) is 5.69 Å². The molecule has 0 spiro atoms. The number of anilines is 1. The van der Waals surface area contributed by atoms with E-state index < -0.39 is 12.0 Å². The smallest absolute Gasteiger partial charge is 0.326 e. The molecule has 146 valence electrons. The van der Waals surface area contributed by atoms with Gasteiger partial charge in [0, 0.05) is 41.2 Å². The summed E-state index contributed by atoms with van der Waals surface area (Å²) in [4.78, 5) is 18.3. The molecule has 1 aliphatic rings. The minimum atomic E-state index is -0.789. The first-order valence-electron chi connectivity index (χ1n) is 9.51. The van der Waals surface area contributed by atoms with Crippen molar-refractivity contribution in [3.8, 4) is 0 Å². The van der Waals surface area contributed by atoms with E-state index in [0.29, 0.717) is 11.6 Å². The number of nitrogens with zero attached hydrogens (tertiary/aromatic N) is 4. The molecule has 3 heterocycles. The van der Waals surface area contributed by atoms with Crippen LogP contribution in [0.5, 0.6) is 0 Å². The SMILES string of the molecule is CCC1CN(c2cc(C)nc3cc(C(C)c4ccc(Cl)cc4)nn23)C1C(=O)O. The number of carboxylic acid groups (broad SMARTS) is 1. The Labute approximate surface area is 168 Å². The fraction of sp³-hybridized carbons (Fsp3) is 0.381. The summed E-state index contributed by atoms with van der Waals surface area (Å²) in [6, 6.07) is 11.1. The maximum atomic E-state index is 11.8. The van der Waals surface area contributed by atoms with Crippen LogP contribution >= 0.6 is 11.6 Å². The van der Waals surface area contributed by atoms with Crippen molar-refractivity contribution in [1.29, 1.82) is 0 Å². The number of carbonyl (C=O) groups is 1. The van der Waals surface area contributed by atoms with Crippen molar-refractivity contribution in [2.75, 3.05) is 11.4 Å². The zero-order valence-electron chi connectivity index (χ0n) is 16.1. The number of rotatable bonds is 5. The number of fused-ring (bicyclic) bond motifs is 1. The third-order valence-electron chi connectivity index (χ3n) is 5.65. The van der Waals surface area contributed by atoms with Gasteiger partial charge in [0.1, 0.15) is 11.9 Å². The third-order valence-corrected chi connectivity index (χ3v) is 5.91. The number of carboxylic acids is 1. The highest BCUT2D eigenvalue weighted by atomic mass is 35.5. The standard InChI is InChI=1S/C21H23ClN4O2/c1-4-14-11-25(20(14)21(27)28)19-9-12(2)23-18-10-17(24-26(18)19)13(3)15-5-7-16(22)8-6-15/h5-10,13-14,20H,4,11H2,1-3H3,(H,27,28). The predicted molar refractivity (Wildman–Crippen MR) is 109 cm³/mol. The normalized spacial score (nSPS) is 20.2. The zero-order chi connectivity index (χ0) is 20.0. The molecule has 2 aromatic heterocycles. The minimum absolute atomic E-state index is 0.0715. The van der Waals surface area contributed by atoms with Crippen LogP contribution in [0.4, 0.5) is 5.82 Å². The molecule has 0 bridgehead atoms. The first-order chi connectivity index (χ1) is 13.4. The average molecular weight is 399 g/mol. The van der Waals surface area contributed by atoms with E-state index in [0.717, 1.165) is 34.8 Å². The van der Waals surface area contributed by atoms with Gasteiger partial charge < -0.3 is 10.0 Å². The summed E-state index contributed by atoms with van der Waals surface area (Å²) >= 11 is 6.00. The second-order valence-electron chi connectivity index (χ2n) is 7.47. The fourth-order valence-corrected chi connectivity index (χ4v) is 4.07. The average Bonchev–Trinajstić information content (AvgIpc) is 3.04. The van der Waals surface area contributed by atoms with Crippen molar-refractivity contribution in [2.45, 2.75) is 39.2 Å². The molecule has 0 aliphatic carbocycles. The van der Waals surface area contributed by atoms with Gasteiger partial charge in [-0.15, -0.1) is 0 Å². The van der Waals surface area contributed by atoms with E-state index in [1.165, 1.54) is 0 Å². The highest BCUT2D eigenvalue weighted by molar-refractivity contribution is 6.30. The number of hydrogen-bond acceptors (Lipinski definition) is 4. The van der Waals surface area contributed by atoms with Crippen LogP contribution in [0, 0.1) is 12.8 Å². The van der Waals surface area contributed by atoms with E-state index in [1.807, 2.05) is 55.1 Å². The van der Waals surface area contributed by atoms with Crippen LogP contribution in [0.3, 0.4) is 0 Å². The van der Waals surface area contributed by atoms with E-state index in [4.69, 9.17) is 16.7 Å². The second kappa shape index (κ2) is 7.09. The monoisotopic (exact) mass is 398 g/mol. The zero-order valence-corrected chi connectivity index (χ0v) is 16.9. The molecule has 0 radical (unpaired) electrons.